The van der Waals surface area contributed by atoms with Gasteiger partial charge in [-0.3, -0.25) is 15.8 Å². The maximum Gasteiger partial charge on any atom is 0.0989 e. The van der Waals surface area contributed by atoms with E-state index in [1.807, 2.05) is 6.07 Å². The van der Waals surface area contributed by atoms with Crippen LogP contribution in [0.3, 0.4) is 0 Å². The van der Waals surface area contributed by atoms with Gasteiger partial charge in [-0.2, -0.15) is 0 Å². The van der Waals surface area contributed by atoms with Crippen molar-refractivity contribution in [3.63, 3.8) is 0 Å². The van der Waals surface area contributed by atoms with Crippen molar-refractivity contribution in [2.24, 2.45) is 5.84 Å². The van der Waals surface area contributed by atoms with Gasteiger partial charge in [0.1, 0.15) is 0 Å². The molecule has 1 unspecified atom stereocenters. The van der Waals surface area contributed by atoms with Crippen molar-refractivity contribution in [3.8, 4) is 0 Å². The Kier molecular flexibility index (Phi) is 4.04. The molecule has 0 aromatic carbocycles. The zero-order valence-electron chi connectivity index (χ0n) is 8.02. The summed E-state index contributed by atoms with van der Waals surface area (Å²) >= 11 is 8.50. The van der Waals surface area contributed by atoms with E-state index in [0.717, 1.165) is 18.8 Å². The molecule has 2 aromatic heterocycles. The Balaban J connectivity index is 2.37. The van der Waals surface area contributed by atoms with Gasteiger partial charge in [0, 0.05) is 21.7 Å². The topological polar surface area (TPSA) is 63.8 Å². The first-order chi connectivity index (χ1) is 7.72. The summed E-state index contributed by atoms with van der Waals surface area (Å²) in [7, 11) is 0. The van der Waals surface area contributed by atoms with E-state index in [1.165, 1.54) is 0 Å². The summed E-state index contributed by atoms with van der Waals surface area (Å²) in [5.41, 5.74) is 3.54. The quantitative estimate of drug-likeness (QED) is 0.649. The van der Waals surface area contributed by atoms with Gasteiger partial charge >= 0.3 is 0 Å². The molecule has 2 rings (SSSR count). The molecule has 2 heterocycles. The number of nitrogens with two attached hydrogens (primary N) is 1. The van der Waals surface area contributed by atoms with Crippen LogP contribution < -0.4 is 11.3 Å². The average Bonchev–Trinajstić information content (AvgIpc) is 2.61. The molecule has 0 saturated heterocycles. The molecular weight excluding hydrogens is 356 g/mol. The van der Waals surface area contributed by atoms with Gasteiger partial charge in [-0.25, -0.2) is 5.43 Å². The molecule has 0 aliphatic rings. The molecule has 84 valence electrons. The first kappa shape index (κ1) is 12.1. The summed E-state index contributed by atoms with van der Waals surface area (Å²) in [6.07, 6.45) is 4.99. The third-order valence-corrected chi connectivity index (χ3v) is 5.32. The highest BCUT2D eigenvalue weighted by Crippen LogP contribution is 2.36. The first-order valence-electron chi connectivity index (χ1n) is 4.39. The van der Waals surface area contributed by atoms with Crippen molar-refractivity contribution in [1.82, 2.24) is 15.4 Å². The Hall–Kier alpha value is -0.340. The number of rotatable bonds is 3. The normalized spacial score (nSPS) is 12.7. The summed E-state index contributed by atoms with van der Waals surface area (Å²) < 4.78 is 2.04. The first-order valence-corrected chi connectivity index (χ1v) is 6.79. The summed E-state index contributed by atoms with van der Waals surface area (Å²) in [4.78, 5) is 9.34. The van der Waals surface area contributed by atoms with Crippen molar-refractivity contribution in [1.29, 1.82) is 0 Å². The second-order valence-electron chi connectivity index (χ2n) is 3.00. The van der Waals surface area contributed by atoms with E-state index in [-0.39, 0.29) is 6.04 Å². The Morgan fingerprint density at radius 2 is 2.19 bits per heavy atom. The Morgan fingerprint density at radius 1 is 1.38 bits per heavy atom. The van der Waals surface area contributed by atoms with Crippen LogP contribution in [0.2, 0.25) is 0 Å². The predicted molar refractivity (Wildman–Crippen MR) is 70.9 cm³/mol. The zero-order valence-corrected chi connectivity index (χ0v) is 12.0. The summed E-state index contributed by atoms with van der Waals surface area (Å²) in [6.45, 7) is 0. The molecule has 0 aliphatic carbocycles. The van der Waals surface area contributed by atoms with Gasteiger partial charge in [0.05, 0.1) is 21.7 Å². The molecule has 0 aliphatic heterocycles. The van der Waals surface area contributed by atoms with E-state index in [4.69, 9.17) is 5.84 Å². The third kappa shape index (κ3) is 2.49. The number of hydrogen-bond donors (Lipinski definition) is 2. The number of nitrogens with zero attached hydrogens (tertiary/aromatic N) is 2. The van der Waals surface area contributed by atoms with E-state index in [9.17, 15) is 0 Å². The van der Waals surface area contributed by atoms with E-state index >= 15 is 0 Å². The van der Waals surface area contributed by atoms with Gasteiger partial charge < -0.3 is 0 Å². The van der Waals surface area contributed by atoms with Crippen LogP contribution in [0, 0.1) is 0 Å². The van der Waals surface area contributed by atoms with Gasteiger partial charge in [-0.15, -0.1) is 11.3 Å². The molecule has 7 heteroatoms. The molecule has 0 spiro atoms. The Labute approximate surface area is 114 Å². The van der Waals surface area contributed by atoms with E-state index in [1.54, 1.807) is 29.9 Å². The van der Waals surface area contributed by atoms with Gasteiger partial charge in [-0.1, -0.05) is 0 Å². The van der Waals surface area contributed by atoms with Crippen molar-refractivity contribution >= 4 is 43.2 Å². The minimum Gasteiger partial charge on any atom is -0.270 e. The standard InChI is InChI=1S/C9H8Br2N4S/c10-5-3-7(16-9(5)11)8(15-12)6-4-13-1-2-14-6/h1-4,8,15H,12H2. The lowest BCUT2D eigenvalue weighted by Crippen LogP contribution is -2.28. The van der Waals surface area contributed by atoms with Crippen LogP contribution in [0.15, 0.2) is 32.9 Å². The zero-order chi connectivity index (χ0) is 11.5. The molecule has 0 amide bonds. The maximum atomic E-state index is 5.55. The number of thiophene rings is 1. The SMILES string of the molecule is NNC(c1cnccn1)c1cc(Br)c(Br)s1. The predicted octanol–water partition coefficient (Wildman–Crippen LogP) is 2.62. The fourth-order valence-electron chi connectivity index (χ4n) is 1.28. The number of aromatic nitrogens is 2. The Morgan fingerprint density at radius 3 is 2.69 bits per heavy atom. The van der Waals surface area contributed by atoms with Crippen LogP contribution in [-0.2, 0) is 0 Å². The fourth-order valence-corrected chi connectivity index (χ4v) is 3.44. The number of hydrazine groups is 1. The molecule has 0 bridgehead atoms. The number of nitrogens with one attached hydrogen (secondary N) is 1. The molecule has 0 radical (unpaired) electrons. The third-order valence-electron chi connectivity index (χ3n) is 1.99. The molecule has 0 fully saturated rings. The van der Waals surface area contributed by atoms with Gasteiger partial charge in [-0.05, 0) is 37.9 Å². The molecule has 3 N–H and O–H groups in total. The molecule has 16 heavy (non-hydrogen) atoms. The lowest BCUT2D eigenvalue weighted by Gasteiger charge is -2.12. The van der Waals surface area contributed by atoms with Crippen LogP contribution >= 0.6 is 43.2 Å². The largest absolute Gasteiger partial charge is 0.270 e. The van der Waals surface area contributed by atoms with Gasteiger partial charge in [0.25, 0.3) is 0 Å². The molecular formula is C9H8Br2N4S. The lowest BCUT2D eigenvalue weighted by molar-refractivity contribution is 0.627. The van der Waals surface area contributed by atoms with Crippen LogP contribution in [0.4, 0.5) is 0 Å². The van der Waals surface area contributed by atoms with Crippen LogP contribution in [-0.4, -0.2) is 9.97 Å². The molecule has 2 aromatic rings. The highest BCUT2D eigenvalue weighted by atomic mass is 79.9. The molecule has 4 nitrogen and oxygen atoms in total. The van der Waals surface area contributed by atoms with Crippen LogP contribution in [0.25, 0.3) is 0 Å². The van der Waals surface area contributed by atoms with E-state index in [2.05, 4.69) is 47.3 Å². The highest BCUT2D eigenvalue weighted by Gasteiger charge is 2.17. The van der Waals surface area contributed by atoms with Gasteiger partial charge in [0.15, 0.2) is 0 Å². The second-order valence-corrected chi connectivity index (χ2v) is 6.26. The second kappa shape index (κ2) is 5.33. The van der Waals surface area contributed by atoms with E-state index in [0.29, 0.717) is 0 Å². The maximum absolute atomic E-state index is 5.55. The lowest BCUT2D eigenvalue weighted by atomic mass is 10.2. The average molecular weight is 364 g/mol. The van der Waals surface area contributed by atoms with Crippen LogP contribution in [0.5, 0.6) is 0 Å². The molecule has 1 atom stereocenters. The monoisotopic (exact) mass is 362 g/mol. The van der Waals surface area contributed by atoms with Crippen molar-refractivity contribution in [2.75, 3.05) is 0 Å². The summed E-state index contributed by atoms with van der Waals surface area (Å²) in [5.74, 6) is 5.55. The molecule has 0 saturated carbocycles. The fraction of sp³-hybridized carbons (Fsp3) is 0.111. The van der Waals surface area contributed by atoms with Crippen molar-refractivity contribution < 1.29 is 0 Å². The summed E-state index contributed by atoms with van der Waals surface area (Å²) in [5, 5.41) is 0. The highest BCUT2D eigenvalue weighted by molar-refractivity contribution is 9.13. The van der Waals surface area contributed by atoms with Crippen LogP contribution in [0.1, 0.15) is 16.6 Å². The van der Waals surface area contributed by atoms with E-state index < -0.39 is 0 Å². The number of hydrogen-bond acceptors (Lipinski definition) is 5. The smallest absolute Gasteiger partial charge is 0.0989 e. The Bertz CT molecular complexity index is 454. The van der Waals surface area contributed by atoms with Crippen molar-refractivity contribution in [3.05, 3.63) is 43.5 Å². The minimum absolute atomic E-state index is 0.138. The van der Waals surface area contributed by atoms with Gasteiger partial charge in [0.2, 0.25) is 0 Å². The minimum atomic E-state index is -0.138. The summed E-state index contributed by atoms with van der Waals surface area (Å²) in [6, 6.07) is 1.87. The van der Waals surface area contributed by atoms with Crippen molar-refractivity contribution in [2.45, 2.75) is 6.04 Å². The number of halogens is 2.